The molecule has 2 aliphatic heterocycles. The summed E-state index contributed by atoms with van der Waals surface area (Å²) in [7, 11) is 0. The standard InChI is InChI=1S/C22H27ClN4O2S/c1-17(28)29-15-14-26-12-10-25(11-13-26)8-3-9-27-19-6-5-18(23)16-21(19)30-20-4-2-7-24-22(20)27/h2,4-7,16H,3,8-15H2,1H3. The summed E-state index contributed by atoms with van der Waals surface area (Å²) in [6.07, 6.45) is 2.93. The van der Waals surface area contributed by atoms with Crippen LogP contribution in [-0.2, 0) is 9.53 Å². The number of fused-ring (bicyclic) bond motifs is 2. The maximum atomic E-state index is 10.9. The molecule has 1 aromatic carbocycles. The monoisotopic (exact) mass is 446 g/mol. The van der Waals surface area contributed by atoms with Gasteiger partial charge in [0.15, 0.2) is 0 Å². The zero-order valence-corrected chi connectivity index (χ0v) is 18.8. The van der Waals surface area contributed by atoms with Crippen LogP contribution in [0.1, 0.15) is 13.3 Å². The number of halogens is 1. The van der Waals surface area contributed by atoms with E-state index in [0.29, 0.717) is 6.61 Å². The molecule has 0 aliphatic carbocycles. The highest BCUT2D eigenvalue weighted by molar-refractivity contribution is 7.99. The van der Waals surface area contributed by atoms with Gasteiger partial charge in [0.25, 0.3) is 0 Å². The number of hydrogen-bond donors (Lipinski definition) is 0. The van der Waals surface area contributed by atoms with Crippen LogP contribution in [-0.4, -0.2) is 73.2 Å². The number of carbonyl (C=O) groups excluding carboxylic acids is 1. The lowest BCUT2D eigenvalue weighted by Gasteiger charge is -2.35. The fraction of sp³-hybridized carbons (Fsp3) is 0.455. The Hall–Kier alpha value is -1.80. The zero-order valence-electron chi connectivity index (χ0n) is 17.2. The van der Waals surface area contributed by atoms with Gasteiger partial charge in [-0.2, -0.15) is 0 Å². The highest BCUT2D eigenvalue weighted by Crippen LogP contribution is 2.47. The van der Waals surface area contributed by atoms with Gasteiger partial charge < -0.3 is 14.5 Å². The van der Waals surface area contributed by atoms with E-state index in [9.17, 15) is 4.79 Å². The van der Waals surface area contributed by atoms with Gasteiger partial charge in [-0.1, -0.05) is 23.4 Å². The van der Waals surface area contributed by atoms with Crippen molar-refractivity contribution in [3.05, 3.63) is 41.6 Å². The Balaban J connectivity index is 1.30. The second kappa shape index (κ2) is 10.0. The lowest BCUT2D eigenvalue weighted by molar-refractivity contribution is -0.141. The highest BCUT2D eigenvalue weighted by atomic mass is 35.5. The van der Waals surface area contributed by atoms with Crippen LogP contribution in [0.15, 0.2) is 46.3 Å². The summed E-state index contributed by atoms with van der Waals surface area (Å²) in [5.41, 5.74) is 1.19. The molecule has 30 heavy (non-hydrogen) atoms. The number of rotatable bonds is 7. The Morgan fingerprint density at radius 3 is 2.63 bits per heavy atom. The summed E-state index contributed by atoms with van der Waals surface area (Å²) < 4.78 is 5.05. The van der Waals surface area contributed by atoms with Crippen LogP contribution in [0.2, 0.25) is 5.02 Å². The predicted octanol–water partition coefficient (Wildman–Crippen LogP) is 3.91. The number of esters is 1. The first-order chi connectivity index (χ1) is 14.6. The molecule has 0 radical (unpaired) electrons. The normalized spacial score (nSPS) is 16.8. The number of piperazine rings is 1. The SMILES string of the molecule is CC(=O)OCCN1CCN(CCCN2c3ccc(Cl)cc3Sc3cccnc32)CC1. The van der Waals surface area contributed by atoms with Crippen molar-refractivity contribution < 1.29 is 9.53 Å². The third-order valence-corrected chi connectivity index (χ3v) is 6.79. The van der Waals surface area contributed by atoms with Crippen LogP contribution in [0.5, 0.6) is 0 Å². The molecule has 0 spiro atoms. The van der Waals surface area contributed by atoms with Gasteiger partial charge in [0.05, 0.1) is 10.6 Å². The summed E-state index contributed by atoms with van der Waals surface area (Å²) >= 11 is 7.97. The maximum Gasteiger partial charge on any atom is 0.302 e. The quantitative estimate of drug-likeness (QED) is 0.597. The maximum absolute atomic E-state index is 10.9. The molecule has 3 heterocycles. The average Bonchev–Trinajstić information content (AvgIpc) is 2.74. The molecule has 4 rings (SSSR count). The van der Waals surface area contributed by atoms with Crippen molar-refractivity contribution in [3.8, 4) is 0 Å². The van der Waals surface area contributed by atoms with Crippen molar-refractivity contribution in [2.75, 3.05) is 57.3 Å². The molecule has 1 saturated heterocycles. The fourth-order valence-electron chi connectivity index (χ4n) is 3.92. The lowest BCUT2D eigenvalue weighted by Crippen LogP contribution is -2.47. The molecule has 0 bridgehead atoms. The van der Waals surface area contributed by atoms with E-state index in [1.165, 1.54) is 22.4 Å². The van der Waals surface area contributed by atoms with E-state index in [-0.39, 0.29) is 5.97 Å². The summed E-state index contributed by atoms with van der Waals surface area (Å²) in [6.45, 7) is 8.89. The van der Waals surface area contributed by atoms with Gasteiger partial charge in [0.1, 0.15) is 12.4 Å². The number of ether oxygens (including phenoxy) is 1. The van der Waals surface area contributed by atoms with E-state index < -0.39 is 0 Å². The highest BCUT2D eigenvalue weighted by Gasteiger charge is 2.25. The summed E-state index contributed by atoms with van der Waals surface area (Å²) in [5, 5.41) is 0.764. The van der Waals surface area contributed by atoms with Crippen molar-refractivity contribution in [2.45, 2.75) is 23.1 Å². The molecule has 2 aromatic rings. The fourth-order valence-corrected chi connectivity index (χ4v) is 5.27. The van der Waals surface area contributed by atoms with Gasteiger partial charge in [-0.3, -0.25) is 9.69 Å². The largest absolute Gasteiger partial charge is 0.465 e. The first-order valence-electron chi connectivity index (χ1n) is 10.4. The molecular formula is C22H27ClN4O2S. The Bertz CT molecular complexity index is 889. The number of anilines is 2. The lowest BCUT2D eigenvalue weighted by atomic mass is 10.2. The van der Waals surface area contributed by atoms with E-state index in [2.05, 4.69) is 31.8 Å². The van der Waals surface area contributed by atoms with Crippen molar-refractivity contribution in [2.24, 2.45) is 0 Å². The minimum absolute atomic E-state index is 0.204. The Morgan fingerprint density at radius 1 is 1.10 bits per heavy atom. The van der Waals surface area contributed by atoms with Crippen molar-refractivity contribution in [3.63, 3.8) is 0 Å². The molecule has 0 amide bonds. The van der Waals surface area contributed by atoms with Gasteiger partial charge in [0, 0.05) is 62.3 Å². The van der Waals surface area contributed by atoms with E-state index in [1.807, 2.05) is 24.4 Å². The van der Waals surface area contributed by atoms with E-state index >= 15 is 0 Å². The molecule has 0 unspecified atom stereocenters. The molecule has 160 valence electrons. The van der Waals surface area contributed by atoms with Gasteiger partial charge in [-0.25, -0.2) is 4.98 Å². The van der Waals surface area contributed by atoms with Crippen molar-refractivity contribution >= 4 is 40.8 Å². The van der Waals surface area contributed by atoms with Crippen molar-refractivity contribution in [1.82, 2.24) is 14.8 Å². The number of carbonyl (C=O) groups is 1. The first kappa shape index (κ1) is 21.4. The third kappa shape index (κ3) is 5.27. The molecule has 0 atom stereocenters. The van der Waals surface area contributed by atoms with Crippen LogP contribution in [0.3, 0.4) is 0 Å². The Kier molecular flexibility index (Phi) is 7.15. The van der Waals surface area contributed by atoms with Gasteiger partial charge >= 0.3 is 5.97 Å². The van der Waals surface area contributed by atoms with Crippen LogP contribution < -0.4 is 4.90 Å². The molecule has 0 N–H and O–H groups in total. The third-order valence-electron chi connectivity index (χ3n) is 5.47. The number of hydrogen-bond acceptors (Lipinski definition) is 7. The zero-order chi connectivity index (χ0) is 20.9. The molecule has 6 nitrogen and oxygen atoms in total. The Labute approximate surface area is 187 Å². The van der Waals surface area contributed by atoms with E-state index in [0.717, 1.165) is 63.1 Å². The minimum Gasteiger partial charge on any atom is -0.465 e. The summed E-state index contributed by atoms with van der Waals surface area (Å²) in [5.74, 6) is 0.831. The number of aromatic nitrogens is 1. The molecule has 0 saturated carbocycles. The summed E-state index contributed by atoms with van der Waals surface area (Å²) in [4.78, 5) is 25.1. The molecule has 2 aliphatic rings. The molecule has 8 heteroatoms. The van der Waals surface area contributed by atoms with Gasteiger partial charge in [-0.15, -0.1) is 0 Å². The smallest absolute Gasteiger partial charge is 0.302 e. The van der Waals surface area contributed by atoms with Gasteiger partial charge in [-0.05, 0) is 43.3 Å². The van der Waals surface area contributed by atoms with Crippen LogP contribution >= 0.6 is 23.4 Å². The predicted molar refractivity (Wildman–Crippen MR) is 121 cm³/mol. The minimum atomic E-state index is -0.204. The number of pyridine rings is 1. The van der Waals surface area contributed by atoms with E-state index in [1.54, 1.807) is 11.8 Å². The van der Waals surface area contributed by atoms with Crippen LogP contribution in [0.4, 0.5) is 11.5 Å². The second-order valence-corrected chi connectivity index (χ2v) is 9.09. The number of benzene rings is 1. The topological polar surface area (TPSA) is 48.9 Å². The van der Waals surface area contributed by atoms with Crippen LogP contribution in [0, 0.1) is 0 Å². The molecular weight excluding hydrogens is 420 g/mol. The first-order valence-corrected chi connectivity index (χ1v) is 11.6. The molecule has 1 aromatic heterocycles. The summed E-state index contributed by atoms with van der Waals surface area (Å²) in [6, 6.07) is 10.2. The van der Waals surface area contributed by atoms with E-state index in [4.69, 9.17) is 16.3 Å². The van der Waals surface area contributed by atoms with Crippen molar-refractivity contribution in [1.29, 1.82) is 0 Å². The molecule has 1 fully saturated rings. The second-order valence-electron chi connectivity index (χ2n) is 7.57. The van der Waals surface area contributed by atoms with Gasteiger partial charge in [0.2, 0.25) is 0 Å². The number of nitrogens with zero attached hydrogens (tertiary/aromatic N) is 4. The van der Waals surface area contributed by atoms with Crippen LogP contribution in [0.25, 0.3) is 0 Å². The average molecular weight is 447 g/mol. The Morgan fingerprint density at radius 2 is 1.87 bits per heavy atom.